The smallest absolute Gasteiger partial charge is 0.306 e. The van der Waals surface area contributed by atoms with Crippen molar-refractivity contribution >= 4 is 21.7 Å². The predicted molar refractivity (Wildman–Crippen MR) is 105 cm³/mol. The van der Waals surface area contributed by atoms with Crippen LogP contribution in [0.25, 0.3) is 0 Å². The van der Waals surface area contributed by atoms with Crippen molar-refractivity contribution in [3.05, 3.63) is 17.7 Å². The van der Waals surface area contributed by atoms with Crippen LogP contribution in [0.3, 0.4) is 0 Å². The molecule has 2 rings (SSSR count). The Morgan fingerprint density at radius 2 is 1.72 bits per heavy atom. The van der Waals surface area contributed by atoms with E-state index in [-0.39, 0.29) is 24.0 Å². The Morgan fingerprint density at radius 3 is 2.21 bits per heavy atom. The van der Waals surface area contributed by atoms with Crippen molar-refractivity contribution in [1.82, 2.24) is 4.90 Å². The highest BCUT2D eigenvalue weighted by atomic mass is 32.2. The Kier molecular flexibility index (Phi) is 7.72. The van der Waals surface area contributed by atoms with Crippen LogP contribution < -0.4 is 14.2 Å². The number of benzene rings is 1. The molecule has 0 aromatic heterocycles. The third-order valence-electron chi connectivity index (χ3n) is 4.85. The van der Waals surface area contributed by atoms with Crippen LogP contribution in [0.5, 0.6) is 17.2 Å². The number of amides is 1. The molecule has 1 atom stereocenters. The number of ether oxygens (including phenoxy) is 4. The summed E-state index contributed by atoms with van der Waals surface area (Å²) in [5.74, 6) is 0.502. The van der Waals surface area contributed by atoms with Crippen molar-refractivity contribution < 1.29 is 37.0 Å². The van der Waals surface area contributed by atoms with Gasteiger partial charge in [0.1, 0.15) is 0 Å². The number of sulfone groups is 1. The molecule has 1 fully saturated rings. The van der Waals surface area contributed by atoms with Crippen LogP contribution in [-0.2, 0) is 30.6 Å². The molecule has 1 aliphatic rings. The van der Waals surface area contributed by atoms with Gasteiger partial charge in [-0.2, -0.15) is 0 Å². The maximum absolute atomic E-state index is 12.2. The molecule has 162 valence electrons. The highest BCUT2D eigenvalue weighted by Crippen LogP contribution is 2.38. The molecule has 1 aromatic carbocycles. The van der Waals surface area contributed by atoms with E-state index in [9.17, 15) is 18.0 Å². The fourth-order valence-corrected chi connectivity index (χ4v) is 4.90. The third-order valence-corrected chi connectivity index (χ3v) is 6.60. The first-order valence-corrected chi connectivity index (χ1v) is 10.9. The summed E-state index contributed by atoms with van der Waals surface area (Å²) in [5.41, 5.74) is 0.788. The van der Waals surface area contributed by atoms with Crippen molar-refractivity contribution in [3.63, 3.8) is 0 Å². The maximum atomic E-state index is 12.2. The van der Waals surface area contributed by atoms with E-state index in [0.29, 0.717) is 30.1 Å². The van der Waals surface area contributed by atoms with Gasteiger partial charge in [-0.05, 0) is 30.5 Å². The van der Waals surface area contributed by atoms with Crippen LogP contribution in [-0.4, -0.2) is 77.7 Å². The number of esters is 1. The Balaban J connectivity index is 1.86. The van der Waals surface area contributed by atoms with Gasteiger partial charge in [0, 0.05) is 19.5 Å². The van der Waals surface area contributed by atoms with Crippen LogP contribution in [0.15, 0.2) is 12.1 Å². The largest absolute Gasteiger partial charge is 0.493 e. The summed E-state index contributed by atoms with van der Waals surface area (Å²) in [6.45, 7) is -0.416. The van der Waals surface area contributed by atoms with Gasteiger partial charge < -0.3 is 23.8 Å². The van der Waals surface area contributed by atoms with Crippen molar-refractivity contribution in [2.45, 2.75) is 25.3 Å². The van der Waals surface area contributed by atoms with Gasteiger partial charge in [-0.3, -0.25) is 9.59 Å². The van der Waals surface area contributed by atoms with Gasteiger partial charge in [0.2, 0.25) is 5.75 Å². The van der Waals surface area contributed by atoms with E-state index >= 15 is 0 Å². The number of methoxy groups -OCH3 is 3. The van der Waals surface area contributed by atoms with Gasteiger partial charge in [-0.1, -0.05) is 0 Å². The van der Waals surface area contributed by atoms with Crippen LogP contribution in [0.1, 0.15) is 18.4 Å². The number of rotatable bonds is 9. The Morgan fingerprint density at radius 1 is 1.10 bits per heavy atom. The number of hydrogen-bond donors (Lipinski definition) is 0. The minimum Gasteiger partial charge on any atom is -0.493 e. The lowest BCUT2D eigenvalue weighted by molar-refractivity contribution is -0.152. The molecule has 1 heterocycles. The SMILES string of the molecule is COc1cc(CCC(=O)OCC(=O)N(C)[C@H]2CCS(=O)(=O)C2)cc(OC)c1OC. The van der Waals surface area contributed by atoms with E-state index in [1.165, 1.54) is 33.3 Å². The molecule has 1 aliphatic heterocycles. The first kappa shape index (κ1) is 22.8. The number of aryl methyl sites for hydroxylation is 1. The summed E-state index contributed by atoms with van der Waals surface area (Å²) in [6, 6.07) is 3.12. The molecule has 0 radical (unpaired) electrons. The minimum absolute atomic E-state index is 0.0513. The van der Waals surface area contributed by atoms with Crippen LogP contribution >= 0.6 is 0 Å². The second kappa shape index (κ2) is 9.82. The summed E-state index contributed by atoms with van der Waals surface area (Å²) in [5, 5.41) is 0. The summed E-state index contributed by atoms with van der Waals surface area (Å²) in [4.78, 5) is 25.5. The lowest BCUT2D eigenvalue weighted by Gasteiger charge is -2.23. The van der Waals surface area contributed by atoms with Gasteiger partial charge in [-0.25, -0.2) is 8.42 Å². The molecule has 0 unspecified atom stereocenters. The number of likely N-dealkylation sites (N-methyl/N-ethyl adjacent to an activating group) is 1. The van der Waals surface area contributed by atoms with E-state index in [2.05, 4.69) is 0 Å². The molecule has 1 saturated heterocycles. The molecule has 29 heavy (non-hydrogen) atoms. The second-order valence-electron chi connectivity index (χ2n) is 6.76. The van der Waals surface area contributed by atoms with Gasteiger partial charge in [0.15, 0.2) is 27.9 Å². The number of carbonyl (C=O) groups excluding carboxylic acids is 2. The molecule has 10 heteroatoms. The van der Waals surface area contributed by atoms with E-state index in [1.807, 2.05) is 0 Å². The molecule has 0 spiro atoms. The molecule has 9 nitrogen and oxygen atoms in total. The standard InChI is InChI=1S/C19H27NO8S/c1-20(14-7-8-29(23,24)12-14)17(21)11-28-18(22)6-5-13-9-15(25-2)19(27-4)16(10-13)26-3/h9-10,14H,5-8,11-12H2,1-4H3/t14-/m0/s1. The van der Waals surface area contributed by atoms with Crippen LogP contribution in [0.2, 0.25) is 0 Å². The number of carbonyl (C=O) groups is 2. The lowest BCUT2D eigenvalue weighted by Crippen LogP contribution is -2.40. The van der Waals surface area contributed by atoms with Crippen molar-refractivity contribution in [2.75, 3.05) is 46.5 Å². The first-order valence-electron chi connectivity index (χ1n) is 9.11. The minimum atomic E-state index is -3.09. The number of nitrogens with zero attached hydrogens (tertiary/aromatic N) is 1. The topological polar surface area (TPSA) is 108 Å². The van der Waals surface area contributed by atoms with Crippen molar-refractivity contribution in [1.29, 1.82) is 0 Å². The Hall–Kier alpha value is -2.49. The van der Waals surface area contributed by atoms with Gasteiger partial charge in [0.05, 0.1) is 32.8 Å². The third kappa shape index (κ3) is 5.99. The quantitative estimate of drug-likeness (QED) is 0.531. The first-order chi connectivity index (χ1) is 13.7. The summed E-state index contributed by atoms with van der Waals surface area (Å²) < 4.78 is 43.9. The zero-order valence-corrected chi connectivity index (χ0v) is 17.9. The predicted octanol–water partition coefficient (Wildman–Crippen LogP) is 0.834. The molecule has 1 amide bonds. The summed E-state index contributed by atoms with van der Waals surface area (Å²) >= 11 is 0. The van der Waals surface area contributed by atoms with Crippen LogP contribution in [0, 0.1) is 0 Å². The monoisotopic (exact) mass is 429 g/mol. The van der Waals surface area contributed by atoms with E-state index in [4.69, 9.17) is 18.9 Å². The lowest BCUT2D eigenvalue weighted by atomic mass is 10.1. The highest BCUT2D eigenvalue weighted by molar-refractivity contribution is 7.91. The highest BCUT2D eigenvalue weighted by Gasteiger charge is 2.32. The van der Waals surface area contributed by atoms with E-state index < -0.39 is 28.3 Å². The average Bonchev–Trinajstić information content (AvgIpc) is 3.08. The van der Waals surface area contributed by atoms with Crippen molar-refractivity contribution in [2.24, 2.45) is 0 Å². The summed E-state index contributed by atoms with van der Waals surface area (Å²) in [6.07, 6.45) is 0.827. The molecular weight excluding hydrogens is 402 g/mol. The Bertz CT molecular complexity index is 827. The zero-order valence-electron chi connectivity index (χ0n) is 17.1. The molecule has 1 aromatic rings. The number of hydrogen-bond acceptors (Lipinski definition) is 8. The van der Waals surface area contributed by atoms with Crippen LogP contribution in [0.4, 0.5) is 0 Å². The fraction of sp³-hybridized carbons (Fsp3) is 0.579. The van der Waals surface area contributed by atoms with Gasteiger partial charge >= 0.3 is 5.97 Å². The maximum Gasteiger partial charge on any atom is 0.306 e. The normalized spacial score (nSPS) is 17.4. The molecule has 0 N–H and O–H groups in total. The van der Waals surface area contributed by atoms with E-state index in [1.54, 1.807) is 12.1 Å². The molecule has 0 bridgehead atoms. The van der Waals surface area contributed by atoms with Gasteiger partial charge in [-0.15, -0.1) is 0 Å². The average molecular weight is 429 g/mol. The fourth-order valence-electron chi connectivity index (χ4n) is 3.13. The molecule has 0 saturated carbocycles. The summed E-state index contributed by atoms with van der Waals surface area (Å²) in [7, 11) is 2.95. The van der Waals surface area contributed by atoms with Gasteiger partial charge in [0.25, 0.3) is 5.91 Å². The van der Waals surface area contributed by atoms with E-state index in [0.717, 1.165) is 5.56 Å². The molecular formula is C19H27NO8S. The second-order valence-corrected chi connectivity index (χ2v) is 8.98. The molecule has 0 aliphatic carbocycles. The Labute approximate surface area is 170 Å². The van der Waals surface area contributed by atoms with Crippen molar-refractivity contribution in [3.8, 4) is 17.2 Å². The zero-order chi connectivity index (χ0) is 21.6.